The minimum atomic E-state index is -0.995. The number of hydrogen-bond donors (Lipinski definition) is 2. The molecule has 0 saturated heterocycles. The van der Waals surface area contributed by atoms with E-state index in [1.807, 2.05) is 6.07 Å². The van der Waals surface area contributed by atoms with Crippen LogP contribution in [0, 0.1) is 0 Å². The highest BCUT2D eigenvalue weighted by molar-refractivity contribution is 5.97. The zero-order valence-corrected chi connectivity index (χ0v) is 13.5. The number of carboxylic acids is 1. The van der Waals surface area contributed by atoms with Crippen LogP contribution < -0.4 is 14.8 Å². The lowest BCUT2D eigenvalue weighted by Gasteiger charge is -2.18. The van der Waals surface area contributed by atoms with Crippen molar-refractivity contribution in [2.45, 2.75) is 12.5 Å². The summed E-state index contributed by atoms with van der Waals surface area (Å²) in [5, 5.41) is 11.9. The Hall–Kier alpha value is -3.02. The Morgan fingerprint density at radius 2 is 1.79 bits per heavy atom. The van der Waals surface area contributed by atoms with Gasteiger partial charge in [-0.25, -0.2) is 0 Å². The van der Waals surface area contributed by atoms with Gasteiger partial charge in [0.2, 0.25) is 0 Å². The summed E-state index contributed by atoms with van der Waals surface area (Å²) in [7, 11) is 2.98. The average molecular weight is 329 g/mol. The molecule has 24 heavy (non-hydrogen) atoms. The van der Waals surface area contributed by atoms with Crippen LogP contribution in [-0.4, -0.2) is 31.2 Å². The quantitative estimate of drug-likeness (QED) is 0.816. The molecule has 1 amide bonds. The molecule has 0 saturated carbocycles. The normalized spacial score (nSPS) is 11.4. The van der Waals surface area contributed by atoms with E-state index in [9.17, 15) is 9.59 Å². The second-order valence-corrected chi connectivity index (χ2v) is 5.10. The zero-order chi connectivity index (χ0) is 17.5. The number of ether oxygens (including phenoxy) is 2. The number of methoxy groups -OCH3 is 2. The van der Waals surface area contributed by atoms with Crippen molar-refractivity contribution in [3.05, 3.63) is 59.7 Å². The van der Waals surface area contributed by atoms with Crippen LogP contribution in [0.1, 0.15) is 28.4 Å². The van der Waals surface area contributed by atoms with E-state index in [2.05, 4.69) is 5.32 Å². The third kappa shape index (κ3) is 4.25. The number of nitrogens with one attached hydrogen (secondary N) is 1. The third-order valence-corrected chi connectivity index (χ3v) is 3.54. The van der Waals surface area contributed by atoms with Gasteiger partial charge >= 0.3 is 5.97 Å². The summed E-state index contributed by atoms with van der Waals surface area (Å²) in [6.07, 6.45) is -0.214. The highest BCUT2D eigenvalue weighted by Gasteiger charge is 2.21. The van der Waals surface area contributed by atoms with Crippen LogP contribution in [0.5, 0.6) is 11.5 Å². The minimum absolute atomic E-state index is 0.214. The van der Waals surface area contributed by atoms with Crippen molar-refractivity contribution in [2.24, 2.45) is 0 Å². The van der Waals surface area contributed by atoms with Crippen LogP contribution in [0.2, 0.25) is 0 Å². The summed E-state index contributed by atoms with van der Waals surface area (Å²) in [4.78, 5) is 23.7. The molecule has 0 bridgehead atoms. The fourth-order valence-electron chi connectivity index (χ4n) is 2.33. The number of rotatable bonds is 7. The average Bonchev–Trinajstić information content (AvgIpc) is 2.60. The number of carbonyl (C=O) groups excluding carboxylic acids is 1. The summed E-state index contributed by atoms with van der Waals surface area (Å²) in [5.41, 5.74) is 1.03. The Morgan fingerprint density at radius 1 is 1.08 bits per heavy atom. The second-order valence-electron chi connectivity index (χ2n) is 5.10. The van der Waals surface area contributed by atoms with E-state index < -0.39 is 17.9 Å². The van der Waals surface area contributed by atoms with Crippen LogP contribution in [0.15, 0.2) is 48.5 Å². The lowest BCUT2D eigenvalue weighted by Crippen LogP contribution is -2.30. The third-order valence-electron chi connectivity index (χ3n) is 3.54. The van der Waals surface area contributed by atoms with Crippen molar-refractivity contribution in [3.8, 4) is 11.5 Å². The standard InChI is InChI=1S/C18H19NO5/c1-23-13-8-9-14(16(10-13)24-2)18(22)19-15(11-17(20)21)12-6-4-3-5-7-12/h3-10,15H,11H2,1-2H3,(H,19,22)(H,20,21)/t15-/m0/s1. The van der Waals surface area contributed by atoms with Crippen LogP contribution in [0.3, 0.4) is 0 Å². The maximum absolute atomic E-state index is 12.6. The molecule has 0 heterocycles. The smallest absolute Gasteiger partial charge is 0.305 e. The fraction of sp³-hybridized carbons (Fsp3) is 0.222. The van der Waals surface area contributed by atoms with Crippen molar-refractivity contribution >= 4 is 11.9 Å². The van der Waals surface area contributed by atoms with Crippen molar-refractivity contribution in [1.29, 1.82) is 0 Å². The highest BCUT2D eigenvalue weighted by Crippen LogP contribution is 2.26. The molecule has 2 rings (SSSR count). The molecule has 0 aliphatic carbocycles. The van der Waals surface area contributed by atoms with Crippen LogP contribution >= 0.6 is 0 Å². The largest absolute Gasteiger partial charge is 0.497 e. The predicted octanol–water partition coefficient (Wildman–Crippen LogP) is 2.65. The van der Waals surface area contributed by atoms with E-state index in [1.165, 1.54) is 14.2 Å². The molecule has 2 aromatic rings. The molecule has 6 nitrogen and oxygen atoms in total. The van der Waals surface area contributed by atoms with Crippen LogP contribution in [0.4, 0.5) is 0 Å². The van der Waals surface area contributed by atoms with Gasteiger partial charge < -0.3 is 19.9 Å². The van der Waals surface area contributed by atoms with E-state index >= 15 is 0 Å². The lowest BCUT2D eigenvalue weighted by atomic mass is 10.0. The molecule has 0 aliphatic heterocycles. The summed E-state index contributed by atoms with van der Waals surface area (Å²) in [5.74, 6) is -0.488. The first-order valence-corrected chi connectivity index (χ1v) is 7.34. The van der Waals surface area contributed by atoms with Crippen molar-refractivity contribution < 1.29 is 24.2 Å². The van der Waals surface area contributed by atoms with Gasteiger partial charge in [-0.3, -0.25) is 9.59 Å². The molecule has 0 unspecified atom stereocenters. The number of aliphatic carboxylic acids is 1. The molecular formula is C18H19NO5. The van der Waals surface area contributed by atoms with Gasteiger partial charge in [-0.1, -0.05) is 30.3 Å². The van der Waals surface area contributed by atoms with Gasteiger partial charge in [0.25, 0.3) is 5.91 Å². The van der Waals surface area contributed by atoms with Crippen LogP contribution in [0.25, 0.3) is 0 Å². The number of amides is 1. The second kappa shape index (κ2) is 8.01. The summed E-state index contributed by atoms with van der Waals surface area (Å²) in [6.45, 7) is 0. The van der Waals surface area contributed by atoms with Crippen molar-refractivity contribution in [1.82, 2.24) is 5.32 Å². The van der Waals surface area contributed by atoms with Gasteiger partial charge in [0.15, 0.2) is 0 Å². The molecule has 0 aromatic heterocycles. The zero-order valence-electron chi connectivity index (χ0n) is 13.5. The maximum Gasteiger partial charge on any atom is 0.305 e. The van der Waals surface area contributed by atoms with Gasteiger partial charge in [-0.15, -0.1) is 0 Å². The molecule has 6 heteroatoms. The topological polar surface area (TPSA) is 84.9 Å². The molecule has 2 aromatic carbocycles. The van der Waals surface area contributed by atoms with E-state index in [0.717, 1.165) is 5.56 Å². The fourth-order valence-corrected chi connectivity index (χ4v) is 2.33. The molecule has 0 aliphatic rings. The van der Waals surface area contributed by atoms with Gasteiger partial charge in [-0.05, 0) is 17.7 Å². The summed E-state index contributed by atoms with van der Waals surface area (Å²) >= 11 is 0. The molecule has 126 valence electrons. The van der Waals surface area contributed by atoms with Crippen LogP contribution in [-0.2, 0) is 4.79 Å². The van der Waals surface area contributed by atoms with E-state index in [0.29, 0.717) is 17.1 Å². The van der Waals surface area contributed by atoms with Gasteiger partial charge in [0.1, 0.15) is 11.5 Å². The van der Waals surface area contributed by atoms with Crippen molar-refractivity contribution in [2.75, 3.05) is 14.2 Å². The summed E-state index contributed by atoms with van der Waals surface area (Å²) < 4.78 is 10.3. The minimum Gasteiger partial charge on any atom is -0.497 e. The molecular weight excluding hydrogens is 310 g/mol. The maximum atomic E-state index is 12.6. The summed E-state index contributed by atoms with van der Waals surface area (Å²) in [6, 6.07) is 13.2. The number of hydrogen-bond acceptors (Lipinski definition) is 4. The van der Waals surface area contributed by atoms with Gasteiger partial charge in [0, 0.05) is 6.07 Å². The molecule has 1 atom stereocenters. The first-order valence-electron chi connectivity index (χ1n) is 7.34. The Kier molecular flexibility index (Phi) is 5.78. The Balaban J connectivity index is 2.26. The molecule has 0 radical (unpaired) electrons. The van der Waals surface area contributed by atoms with E-state index in [4.69, 9.17) is 14.6 Å². The van der Waals surface area contributed by atoms with E-state index in [-0.39, 0.29) is 6.42 Å². The van der Waals surface area contributed by atoms with E-state index in [1.54, 1.807) is 42.5 Å². The Bertz CT molecular complexity index is 715. The predicted molar refractivity (Wildman–Crippen MR) is 88.4 cm³/mol. The number of carboxylic acid groups (broad SMARTS) is 1. The molecule has 2 N–H and O–H groups in total. The van der Waals surface area contributed by atoms with Gasteiger partial charge in [-0.2, -0.15) is 0 Å². The molecule has 0 spiro atoms. The van der Waals surface area contributed by atoms with Gasteiger partial charge in [0.05, 0.1) is 32.2 Å². The highest BCUT2D eigenvalue weighted by atomic mass is 16.5. The Morgan fingerprint density at radius 3 is 2.38 bits per heavy atom. The molecule has 0 fully saturated rings. The lowest BCUT2D eigenvalue weighted by molar-refractivity contribution is -0.137. The first-order chi connectivity index (χ1) is 11.5. The SMILES string of the molecule is COc1ccc(C(=O)N[C@@H](CC(=O)O)c2ccccc2)c(OC)c1. The number of carbonyl (C=O) groups is 2. The van der Waals surface area contributed by atoms with Crippen molar-refractivity contribution in [3.63, 3.8) is 0 Å². The number of benzene rings is 2. The Labute approximate surface area is 140 Å². The monoisotopic (exact) mass is 329 g/mol. The first kappa shape index (κ1) is 17.3.